The Labute approximate surface area is 193 Å². The Kier molecular flexibility index (Phi) is 6.23. The number of aromatic nitrogens is 3. The van der Waals surface area contributed by atoms with Crippen molar-refractivity contribution in [3.63, 3.8) is 0 Å². The Balaban J connectivity index is 1.49. The van der Waals surface area contributed by atoms with Crippen molar-refractivity contribution in [2.75, 3.05) is 31.6 Å². The number of carbonyl (C=O) groups excluding carboxylic acids is 2. The number of piperazine rings is 1. The summed E-state index contributed by atoms with van der Waals surface area (Å²) in [7, 11) is 1.44. The highest BCUT2D eigenvalue weighted by atomic mass is 32.1. The lowest BCUT2D eigenvalue weighted by Gasteiger charge is -2.35. The van der Waals surface area contributed by atoms with E-state index in [1.54, 1.807) is 9.80 Å². The van der Waals surface area contributed by atoms with Crippen molar-refractivity contribution in [2.45, 2.75) is 20.0 Å². The van der Waals surface area contributed by atoms with Crippen molar-refractivity contribution in [2.24, 2.45) is 0 Å². The number of carbonyl (C=O) groups is 2. The normalized spacial score (nSPS) is 14.1. The number of fused-ring (bicyclic) bond motifs is 1. The van der Waals surface area contributed by atoms with Gasteiger partial charge in [-0.05, 0) is 36.8 Å². The van der Waals surface area contributed by atoms with Gasteiger partial charge in [0.05, 0.1) is 17.7 Å². The SMILES string of the molecule is CCn1c(=O)[nH]c2cc(CN3CCN(c4ccc(C(=O)NC)nc4F)CC3=O)ccc2c1=S. The summed E-state index contributed by atoms with van der Waals surface area (Å²) in [5.41, 5.74) is 1.37. The van der Waals surface area contributed by atoms with Crippen LogP contribution >= 0.6 is 12.2 Å². The minimum Gasteiger partial charge on any atom is -0.357 e. The van der Waals surface area contributed by atoms with Gasteiger partial charge in [0, 0.05) is 38.6 Å². The number of rotatable bonds is 5. The van der Waals surface area contributed by atoms with Crippen LogP contribution in [0.15, 0.2) is 35.1 Å². The summed E-state index contributed by atoms with van der Waals surface area (Å²) in [5, 5.41) is 3.17. The molecule has 2 amide bonds. The molecule has 1 aromatic carbocycles. The van der Waals surface area contributed by atoms with E-state index in [4.69, 9.17) is 12.2 Å². The molecule has 1 saturated heterocycles. The Morgan fingerprint density at radius 3 is 2.70 bits per heavy atom. The zero-order valence-corrected chi connectivity index (χ0v) is 19.0. The third kappa shape index (κ3) is 4.36. The first kappa shape index (κ1) is 22.6. The molecule has 0 bridgehead atoms. The topological polar surface area (TPSA) is 103 Å². The van der Waals surface area contributed by atoms with Gasteiger partial charge in [0.2, 0.25) is 11.9 Å². The first-order chi connectivity index (χ1) is 15.8. The Morgan fingerprint density at radius 1 is 1.24 bits per heavy atom. The molecule has 0 saturated carbocycles. The Hall–Kier alpha value is -3.60. The van der Waals surface area contributed by atoms with E-state index in [-0.39, 0.29) is 29.5 Å². The minimum absolute atomic E-state index is 0.00482. The number of amides is 2. The minimum atomic E-state index is -0.792. The van der Waals surface area contributed by atoms with E-state index < -0.39 is 11.9 Å². The van der Waals surface area contributed by atoms with Crippen LogP contribution in [0.1, 0.15) is 23.0 Å². The molecule has 4 rings (SSSR count). The fourth-order valence-electron chi connectivity index (χ4n) is 3.91. The van der Waals surface area contributed by atoms with Crippen LogP contribution in [0.25, 0.3) is 10.9 Å². The molecule has 0 radical (unpaired) electrons. The number of anilines is 1. The summed E-state index contributed by atoms with van der Waals surface area (Å²) >= 11 is 5.42. The molecule has 172 valence electrons. The highest BCUT2D eigenvalue weighted by molar-refractivity contribution is 7.71. The fraction of sp³-hybridized carbons (Fsp3) is 0.318. The molecule has 2 N–H and O–H groups in total. The predicted octanol–water partition coefficient (Wildman–Crippen LogP) is 1.82. The van der Waals surface area contributed by atoms with Gasteiger partial charge in [0.15, 0.2) is 0 Å². The van der Waals surface area contributed by atoms with Crippen molar-refractivity contribution in [1.29, 1.82) is 0 Å². The molecule has 3 heterocycles. The fourth-order valence-corrected chi connectivity index (χ4v) is 4.30. The lowest BCUT2D eigenvalue weighted by molar-refractivity contribution is -0.131. The van der Waals surface area contributed by atoms with Crippen molar-refractivity contribution in [3.8, 4) is 0 Å². The molecule has 1 aliphatic rings. The molecule has 3 aromatic rings. The van der Waals surface area contributed by atoms with E-state index >= 15 is 0 Å². The Bertz CT molecular complexity index is 1370. The number of benzene rings is 1. The number of H-pyrrole nitrogens is 1. The van der Waals surface area contributed by atoms with E-state index in [0.717, 1.165) is 10.9 Å². The van der Waals surface area contributed by atoms with E-state index in [1.165, 1.54) is 23.7 Å². The third-order valence-electron chi connectivity index (χ3n) is 5.68. The second-order valence-electron chi connectivity index (χ2n) is 7.68. The van der Waals surface area contributed by atoms with Crippen LogP contribution in [0.3, 0.4) is 0 Å². The highest BCUT2D eigenvalue weighted by Crippen LogP contribution is 2.22. The van der Waals surface area contributed by atoms with Crippen LogP contribution in [0.4, 0.5) is 10.1 Å². The lowest BCUT2D eigenvalue weighted by Crippen LogP contribution is -2.50. The average Bonchev–Trinajstić information content (AvgIpc) is 2.80. The van der Waals surface area contributed by atoms with Crippen molar-refractivity contribution >= 4 is 40.6 Å². The summed E-state index contributed by atoms with van der Waals surface area (Å²) < 4.78 is 16.4. The van der Waals surface area contributed by atoms with Gasteiger partial charge in [-0.3, -0.25) is 14.2 Å². The molecule has 0 atom stereocenters. The zero-order valence-electron chi connectivity index (χ0n) is 18.2. The standard InChI is InChI=1S/C22H23FN6O3S/c1-3-29-21(33)14-5-4-13(10-16(14)26-22(29)32)11-28-9-8-27(12-18(28)30)17-7-6-15(20(31)24-2)25-19(17)23/h4-7,10H,3,8-9,11-12H2,1-2H3,(H,24,31)(H,26,32). The quantitative estimate of drug-likeness (QED) is 0.436. The van der Waals surface area contributed by atoms with Gasteiger partial charge in [0.1, 0.15) is 10.3 Å². The van der Waals surface area contributed by atoms with Crippen LogP contribution in [-0.2, 0) is 17.9 Å². The number of hydrogen-bond donors (Lipinski definition) is 2. The molecule has 9 nitrogen and oxygen atoms in total. The number of halogens is 1. The smallest absolute Gasteiger partial charge is 0.326 e. The maximum absolute atomic E-state index is 14.5. The Morgan fingerprint density at radius 2 is 2.03 bits per heavy atom. The summed E-state index contributed by atoms with van der Waals surface area (Å²) in [5.74, 6) is -1.43. The van der Waals surface area contributed by atoms with Gasteiger partial charge in [0.25, 0.3) is 5.91 Å². The van der Waals surface area contributed by atoms with Gasteiger partial charge in [-0.1, -0.05) is 18.3 Å². The monoisotopic (exact) mass is 470 g/mol. The maximum atomic E-state index is 14.5. The van der Waals surface area contributed by atoms with Gasteiger partial charge < -0.3 is 20.1 Å². The second kappa shape index (κ2) is 9.10. The molecule has 1 aliphatic heterocycles. The lowest BCUT2D eigenvalue weighted by atomic mass is 10.1. The maximum Gasteiger partial charge on any atom is 0.326 e. The van der Waals surface area contributed by atoms with Crippen molar-refractivity contribution in [1.82, 2.24) is 24.8 Å². The van der Waals surface area contributed by atoms with Crippen molar-refractivity contribution in [3.05, 3.63) is 62.7 Å². The number of hydrogen-bond acceptors (Lipinski definition) is 6. The summed E-state index contributed by atoms with van der Waals surface area (Å²) in [6, 6.07) is 8.46. The van der Waals surface area contributed by atoms with Gasteiger partial charge in [-0.2, -0.15) is 4.39 Å². The molecule has 1 fully saturated rings. The van der Waals surface area contributed by atoms with E-state index in [9.17, 15) is 18.8 Å². The number of nitrogens with zero attached hydrogens (tertiary/aromatic N) is 4. The van der Waals surface area contributed by atoms with Crippen LogP contribution in [0.5, 0.6) is 0 Å². The molecule has 11 heteroatoms. The second-order valence-corrected chi connectivity index (χ2v) is 8.07. The molecule has 33 heavy (non-hydrogen) atoms. The van der Waals surface area contributed by atoms with E-state index in [0.29, 0.717) is 36.3 Å². The first-order valence-corrected chi connectivity index (χ1v) is 10.9. The summed E-state index contributed by atoms with van der Waals surface area (Å²) in [6.07, 6.45) is 0. The average molecular weight is 471 g/mol. The predicted molar refractivity (Wildman–Crippen MR) is 124 cm³/mol. The molecular formula is C22H23FN6O3S. The van der Waals surface area contributed by atoms with Gasteiger partial charge >= 0.3 is 5.69 Å². The van der Waals surface area contributed by atoms with Crippen LogP contribution in [0, 0.1) is 10.6 Å². The van der Waals surface area contributed by atoms with Crippen LogP contribution < -0.4 is 15.9 Å². The molecule has 0 unspecified atom stereocenters. The third-order valence-corrected chi connectivity index (χ3v) is 6.12. The number of aromatic amines is 1. The molecule has 2 aromatic heterocycles. The molecule has 0 spiro atoms. The number of pyridine rings is 1. The van der Waals surface area contributed by atoms with Crippen molar-refractivity contribution < 1.29 is 14.0 Å². The van der Waals surface area contributed by atoms with E-state index in [1.807, 2.05) is 25.1 Å². The largest absolute Gasteiger partial charge is 0.357 e. The first-order valence-electron chi connectivity index (χ1n) is 10.5. The van der Waals surface area contributed by atoms with E-state index in [2.05, 4.69) is 15.3 Å². The van der Waals surface area contributed by atoms with Crippen LogP contribution in [-0.4, -0.2) is 57.9 Å². The summed E-state index contributed by atoms with van der Waals surface area (Å²) in [4.78, 5) is 46.5. The van der Waals surface area contributed by atoms with Gasteiger partial charge in [-0.15, -0.1) is 0 Å². The van der Waals surface area contributed by atoms with Crippen LogP contribution in [0.2, 0.25) is 0 Å². The molecular weight excluding hydrogens is 447 g/mol. The van der Waals surface area contributed by atoms with Gasteiger partial charge in [-0.25, -0.2) is 9.78 Å². The molecule has 0 aliphatic carbocycles. The zero-order chi connectivity index (χ0) is 23.7. The highest BCUT2D eigenvalue weighted by Gasteiger charge is 2.26. The summed E-state index contributed by atoms with van der Waals surface area (Å²) in [6.45, 7) is 3.50. The number of nitrogens with one attached hydrogen (secondary N) is 2.